The van der Waals surface area contributed by atoms with Crippen molar-refractivity contribution in [3.05, 3.63) is 35.1 Å². The number of hydrogen-bond acceptors (Lipinski definition) is 3. The zero-order chi connectivity index (χ0) is 16.1. The lowest BCUT2D eigenvalue weighted by Crippen LogP contribution is -2.34. The van der Waals surface area contributed by atoms with Crippen LogP contribution in [0.15, 0.2) is 22.6 Å². The van der Waals surface area contributed by atoms with E-state index < -0.39 is 11.4 Å². The Bertz CT molecular complexity index is 776. The molecule has 1 aliphatic heterocycles. The number of para-hydroxylation sites is 1. The summed E-state index contributed by atoms with van der Waals surface area (Å²) < 4.78 is 5.79. The number of hydrogen-bond donors (Lipinski definition) is 1. The van der Waals surface area contributed by atoms with Crippen LogP contribution in [0.5, 0.6) is 0 Å². The SMILES string of the molecule is Cc1c(C(=O)N2CCC(C)(C(=O)O)C2)oc2c(C)cccc12. The van der Waals surface area contributed by atoms with E-state index in [1.165, 1.54) is 0 Å². The molecule has 1 fully saturated rings. The van der Waals surface area contributed by atoms with Gasteiger partial charge in [-0.2, -0.15) is 0 Å². The Hall–Kier alpha value is -2.30. The van der Waals surface area contributed by atoms with Crippen molar-refractivity contribution in [1.82, 2.24) is 4.90 Å². The molecule has 1 saturated heterocycles. The van der Waals surface area contributed by atoms with Crippen molar-refractivity contribution in [3.63, 3.8) is 0 Å². The minimum atomic E-state index is -0.870. The zero-order valence-corrected chi connectivity index (χ0v) is 13.0. The maximum absolute atomic E-state index is 12.7. The van der Waals surface area contributed by atoms with Gasteiger partial charge in [-0.3, -0.25) is 9.59 Å². The van der Waals surface area contributed by atoms with Crippen LogP contribution in [-0.2, 0) is 4.79 Å². The molecule has 22 heavy (non-hydrogen) atoms. The Labute approximate surface area is 128 Å². The van der Waals surface area contributed by atoms with Gasteiger partial charge in [0.25, 0.3) is 5.91 Å². The number of carboxylic acids is 1. The lowest BCUT2D eigenvalue weighted by atomic mass is 9.90. The number of rotatable bonds is 2. The van der Waals surface area contributed by atoms with Crippen molar-refractivity contribution in [1.29, 1.82) is 0 Å². The normalized spacial score (nSPS) is 21.5. The number of fused-ring (bicyclic) bond motifs is 1. The second-order valence-electron chi connectivity index (χ2n) is 6.35. The van der Waals surface area contributed by atoms with E-state index in [0.29, 0.717) is 18.7 Å². The molecular weight excluding hydrogens is 282 g/mol. The number of furan rings is 1. The topological polar surface area (TPSA) is 70.8 Å². The number of likely N-dealkylation sites (tertiary alicyclic amines) is 1. The minimum Gasteiger partial charge on any atom is -0.481 e. The van der Waals surface area contributed by atoms with Gasteiger partial charge in [0.15, 0.2) is 5.76 Å². The molecule has 1 amide bonds. The third-order valence-corrected chi connectivity index (χ3v) is 4.63. The highest BCUT2D eigenvalue weighted by Crippen LogP contribution is 2.33. The van der Waals surface area contributed by atoms with E-state index in [4.69, 9.17) is 4.42 Å². The predicted octanol–water partition coefficient (Wildman–Crippen LogP) is 2.99. The predicted molar refractivity (Wildman–Crippen MR) is 82.0 cm³/mol. The van der Waals surface area contributed by atoms with Crippen LogP contribution >= 0.6 is 0 Å². The highest BCUT2D eigenvalue weighted by atomic mass is 16.4. The van der Waals surface area contributed by atoms with Crippen LogP contribution in [0.25, 0.3) is 11.0 Å². The maximum atomic E-state index is 12.7. The molecule has 0 aliphatic carbocycles. The van der Waals surface area contributed by atoms with Gasteiger partial charge in [0.2, 0.25) is 0 Å². The summed E-state index contributed by atoms with van der Waals surface area (Å²) >= 11 is 0. The highest BCUT2D eigenvalue weighted by Gasteiger charge is 2.43. The van der Waals surface area contributed by atoms with E-state index in [1.54, 1.807) is 11.8 Å². The van der Waals surface area contributed by atoms with E-state index in [-0.39, 0.29) is 12.5 Å². The summed E-state index contributed by atoms with van der Waals surface area (Å²) in [6.45, 7) is 6.15. The first-order valence-corrected chi connectivity index (χ1v) is 7.35. The molecule has 0 saturated carbocycles. The van der Waals surface area contributed by atoms with Crippen molar-refractivity contribution in [2.75, 3.05) is 13.1 Å². The molecule has 0 radical (unpaired) electrons. The molecule has 1 aromatic carbocycles. The molecule has 1 N–H and O–H groups in total. The molecule has 1 unspecified atom stereocenters. The smallest absolute Gasteiger partial charge is 0.311 e. The van der Waals surface area contributed by atoms with Gasteiger partial charge in [0, 0.05) is 24.0 Å². The number of aliphatic carboxylic acids is 1. The molecule has 1 aliphatic rings. The fraction of sp³-hybridized carbons (Fsp3) is 0.412. The monoisotopic (exact) mass is 301 g/mol. The molecule has 5 nitrogen and oxygen atoms in total. The van der Waals surface area contributed by atoms with E-state index in [2.05, 4.69) is 0 Å². The Kier molecular flexibility index (Phi) is 3.24. The van der Waals surface area contributed by atoms with Crippen molar-refractivity contribution in [2.45, 2.75) is 27.2 Å². The number of amides is 1. The molecule has 116 valence electrons. The van der Waals surface area contributed by atoms with Gasteiger partial charge in [-0.1, -0.05) is 18.2 Å². The third kappa shape index (κ3) is 2.08. The molecule has 0 bridgehead atoms. The van der Waals surface area contributed by atoms with Crippen LogP contribution in [-0.4, -0.2) is 35.0 Å². The summed E-state index contributed by atoms with van der Waals surface area (Å²) in [4.78, 5) is 25.6. The van der Waals surface area contributed by atoms with Crippen LogP contribution in [0, 0.1) is 19.3 Å². The largest absolute Gasteiger partial charge is 0.481 e. The average Bonchev–Trinajstić information content (AvgIpc) is 3.02. The molecule has 1 aromatic heterocycles. The molecule has 1 atom stereocenters. The van der Waals surface area contributed by atoms with Crippen molar-refractivity contribution < 1.29 is 19.1 Å². The summed E-state index contributed by atoms with van der Waals surface area (Å²) in [5.74, 6) is -0.767. The van der Waals surface area contributed by atoms with Gasteiger partial charge in [-0.05, 0) is 32.8 Å². The molecule has 3 rings (SSSR count). The van der Waals surface area contributed by atoms with Gasteiger partial charge < -0.3 is 14.4 Å². The van der Waals surface area contributed by atoms with Crippen molar-refractivity contribution in [2.24, 2.45) is 5.41 Å². The fourth-order valence-electron chi connectivity index (χ4n) is 3.04. The first kappa shape index (κ1) is 14.6. The van der Waals surface area contributed by atoms with Gasteiger partial charge in [-0.15, -0.1) is 0 Å². The Morgan fingerprint density at radius 3 is 2.64 bits per heavy atom. The molecule has 2 heterocycles. The van der Waals surface area contributed by atoms with Gasteiger partial charge in [-0.25, -0.2) is 0 Å². The van der Waals surface area contributed by atoms with Crippen LogP contribution in [0.2, 0.25) is 0 Å². The minimum absolute atomic E-state index is 0.219. The number of aryl methyl sites for hydroxylation is 2. The molecule has 5 heteroatoms. The lowest BCUT2D eigenvalue weighted by Gasteiger charge is -2.19. The lowest BCUT2D eigenvalue weighted by molar-refractivity contribution is -0.147. The van der Waals surface area contributed by atoms with Crippen molar-refractivity contribution >= 4 is 22.8 Å². The second kappa shape index (κ2) is 4.87. The van der Waals surface area contributed by atoms with E-state index in [0.717, 1.165) is 22.1 Å². The number of carbonyl (C=O) groups is 2. The second-order valence-corrected chi connectivity index (χ2v) is 6.35. The number of benzene rings is 1. The van der Waals surface area contributed by atoms with E-state index >= 15 is 0 Å². The van der Waals surface area contributed by atoms with E-state index in [1.807, 2.05) is 32.0 Å². The van der Waals surface area contributed by atoms with Crippen LogP contribution in [0.3, 0.4) is 0 Å². The zero-order valence-electron chi connectivity index (χ0n) is 13.0. The standard InChI is InChI=1S/C17H19NO4/c1-10-5-4-6-12-11(2)14(22-13(10)12)15(19)18-8-7-17(3,9-18)16(20)21/h4-6H,7-9H2,1-3H3,(H,20,21). The third-order valence-electron chi connectivity index (χ3n) is 4.63. The number of nitrogens with zero attached hydrogens (tertiary/aromatic N) is 1. The number of carbonyl (C=O) groups excluding carboxylic acids is 1. The summed E-state index contributed by atoms with van der Waals surface area (Å²) in [6.07, 6.45) is 0.465. The van der Waals surface area contributed by atoms with Crippen LogP contribution < -0.4 is 0 Å². The maximum Gasteiger partial charge on any atom is 0.311 e. The first-order valence-electron chi connectivity index (χ1n) is 7.35. The average molecular weight is 301 g/mol. The molecule has 2 aromatic rings. The Morgan fingerprint density at radius 2 is 2.05 bits per heavy atom. The van der Waals surface area contributed by atoms with E-state index in [9.17, 15) is 14.7 Å². The Morgan fingerprint density at radius 1 is 1.32 bits per heavy atom. The van der Waals surface area contributed by atoms with Gasteiger partial charge in [0.1, 0.15) is 5.58 Å². The summed E-state index contributed by atoms with van der Waals surface area (Å²) in [5.41, 5.74) is 1.65. The summed E-state index contributed by atoms with van der Waals surface area (Å²) in [6, 6.07) is 5.81. The quantitative estimate of drug-likeness (QED) is 0.925. The first-order chi connectivity index (χ1) is 10.3. The number of carboxylic acid groups (broad SMARTS) is 1. The van der Waals surface area contributed by atoms with Crippen LogP contribution in [0.4, 0.5) is 0 Å². The van der Waals surface area contributed by atoms with Gasteiger partial charge >= 0.3 is 5.97 Å². The van der Waals surface area contributed by atoms with Gasteiger partial charge in [0.05, 0.1) is 5.41 Å². The summed E-state index contributed by atoms with van der Waals surface area (Å²) in [7, 11) is 0. The molecule has 0 spiro atoms. The summed E-state index contributed by atoms with van der Waals surface area (Å²) in [5, 5.41) is 10.2. The molecular formula is C17H19NO4. The van der Waals surface area contributed by atoms with Crippen molar-refractivity contribution in [3.8, 4) is 0 Å². The fourth-order valence-corrected chi connectivity index (χ4v) is 3.04. The Balaban J connectivity index is 1.96. The highest BCUT2D eigenvalue weighted by molar-refractivity contribution is 6.00. The van der Waals surface area contributed by atoms with Crippen LogP contribution in [0.1, 0.15) is 35.0 Å².